The van der Waals surface area contributed by atoms with Crippen molar-refractivity contribution < 1.29 is 27.1 Å². The zero-order valence-electron chi connectivity index (χ0n) is 20.2. The lowest BCUT2D eigenvalue weighted by atomic mass is 9.85. The summed E-state index contributed by atoms with van der Waals surface area (Å²) >= 11 is 6.08. The van der Waals surface area contributed by atoms with E-state index in [9.17, 15) is 22.4 Å². The average molecular weight is 556 g/mol. The second kappa shape index (κ2) is 10.5. The normalized spacial score (nSPS) is 21.0. The van der Waals surface area contributed by atoms with Crippen molar-refractivity contribution in [2.75, 3.05) is 23.8 Å². The van der Waals surface area contributed by atoms with Crippen LogP contribution in [0.4, 0.5) is 35.1 Å². The molecule has 0 bridgehead atoms. The number of carbonyl (C=O) groups is 1. The van der Waals surface area contributed by atoms with E-state index in [2.05, 4.69) is 25.6 Å². The Bertz CT molecular complexity index is 1310. The Morgan fingerprint density at radius 3 is 2.45 bits per heavy atom. The molecule has 9 nitrogen and oxygen atoms in total. The molecular weight excluding hydrogens is 530 g/mol. The summed E-state index contributed by atoms with van der Waals surface area (Å²) in [5.74, 6) is -1.24. The molecule has 1 saturated heterocycles. The SMILES string of the molecule is NC(=O)[C@H]1CC[C@@H](n2c(Nc3c(F)cc(C(F)(F)F)cc3Cl)nc3cnc(NC4CCOCC4)nc32)CC1. The summed E-state index contributed by atoms with van der Waals surface area (Å²) in [6.45, 7) is 1.27. The lowest BCUT2D eigenvalue weighted by Gasteiger charge is -2.29. The molecule has 14 heteroatoms. The van der Waals surface area contributed by atoms with Gasteiger partial charge in [-0.05, 0) is 50.7 Å². The van der Waals surface area contributed by atoms with E-state index in [4.69, 9.17) is 22.1 Å². The number of ether oxygens (including phenoxy) is 1. The van der Waals surface area contributed by atoms with Crippen LogP contribution in [0.3, 0.4) is 0 Å². The Hall–Kier alpha value is -3.19. The number of benzene rings is 1. The average Bonchev–Trinajstić information content (AvgIpc) is 3.23. The number of carbonyl (C=O) groups excluding carboxylic acids is 1. The molecule has 3 heterocycles. The van der Waals surface area contributed by atoms with E-state index in [0.717, 1.165) is 12.8 Å². The van der Waals surface area contributed by atoms with Crippen molar-refractivity contribution in [1.82, 2.24) is 19.5 Å². The summed E-state index contributed by atoms with van der Waals surface area (Å²) in [7, 11) is 0. The highest BCUT2D eigenvalue weighted by atomic mass is 35.5. The minimum absolute atomic E-state index is 0.140. The van der Waals surface area contributed by atoms with E-state index in [1.807, 2.05) is 0 Å². The number of nitrogens with zero attached hydrogens (tertiary/aromatic N) is 4. The van der Waals surface area contributed by atoms with E-state index in [1.54, 1.807) is 4.57 Å². The van der Waals surface area contributed by atoms with E-state index in [-0.39, 0.29) is 35.5 Å². The van der Waals surface area contributed by atoms with Crippen molar-refractivity contribution in [2.24, 2.45) is 11.7 Å². The van der Waals surface area contributed by atoms with E-state index in [0.29, 0.717) is 68.1 Å². The number of anilines is 3. The molecule has 1 aliphatic carbocycles. The summed E-state index contributed by atoms with van der Waals surface area (Å²) in [5, 5.41) is 5.66. The number of nitrogens with one attached hydrogen (secondary N) is 2. The zero-order valence-corrected chi connectivity index (χ0v) is 20.9. The van der Waals surface area contributed by atoms with Crippen LogP contribution < -0.4 is 16.4 Å². The van der Waals surface area contributed by atoms with Crippen molar-refractivity contribution >= 4 is 46.3 Å². The van der Waals surface area contributed by atoms with Crippen LogP contribution in [0.5, 0.6) is 0 Å². The van der Waals surface area contributed by atoms with Crippen LogP contribution in [-0.2, 0) is 15.7 Å². The molecule has 3 aromatic rings. The lowest BCUT2D eigenvalue weighted by molar-refractivity contribution is -0.137. The molecule has 1 aromatic carbocycles. The summed E-state index contributed by atoms with van der Waals surface area (Å²) in [5.41, 5.74) is 4.83. The predicted octanol–water partition coefficient (Wildman–Crippen LogP) is 5.19. The Morgan fingerprint density at radius 2 is 1.82 bits per heavy atom. The number of rotatable bonds is 6. The van der Waals surface area contributed by atoms with Gasteiger partial charge in [0.1, 0.15) is 11.3 Å². The van der Waals surface area contributed by atoms with Gasteiger partial charge in [-0.2, -0.15) is 18.2 Å². The maximum atomic E-state index is 14.8. The van der Waals surface area contributed by atoms with E-state index >= 15 is 0 Å². The number of hydrogen-bond acceptors (Lipinski definition) is 7. The first kappa shape index (κ1) is 26.4. The second-order valence-electron chi connectivity index (χ2n) is 9.58. The lowest BCUT2D eigenvalue weighted by Crippen LogP contribution is -2.29. The number of halogens is 5. The Kier molecular flexibility index (Phi) is 7.32. The molecular formula is C24H26ClF4N7O2. The number of hydrogen-bond donors (Lipinski definition) is 3. The molecule has 0 radical (unpaired) electrons. The number of imidazole rings is 1. The standard InChI is InChI=1S/C24H26ClF4N7O2/c25-16-9-13(24(27,28)29)10-17(26)19(16)34-23-33-18-11-31-22(32-14-5-7-38-8-6-14)35-21(18)36(23)15-3-1-12(2-4-15)20(30)37/h9-12,14-15H,1-8H2,(H2,30,37)(H,33,34)(H,31,32,35)/t12-,15+. The molecule has 38 heavy (non-hydrogen) atoms. The van der Waals surface area contributed by atoms with Gasteiger partial charge in [-0.25, -0.2) is 14.4 Å². The van der Waals surface area contributed by atoms with Crippen molar-refractivity contribution in [2.45, 2.75) is 56.8 Å². The van der Waals surface area contributed by atoms with Gasteiger partial charge in [0.05, 0.1) is 22.5 Å². The van der Waals surface area contributed by atoms with Crippen LogP contribution in [0.25, 0.3) is 11.2 Å². The topological polar surface area (TPSA) is 120 Å². The van der Waals surface area contributed by atoms with Gasteiger partial charge >= 0.3 is 6.18 Å². The summed E-state index contributed by atoms with van der Waals surface area (Å²) in [4.78, 5) is 25.3. The summed E-state index contributed by atoms with van der Waals surface area (Å²) in [6.07, 6.45) is 0.629. The molecule has 4 N–H and O–H groups in total. The van der Waals surface area contributed by atoms with Gasteiger partial charge in [-0.1, -0.05) is 11.6 Å². The summed E-state index contributed by atoms with van der Waals surface area (Å²) in [6, 6.07) is 1.00. The van der Waals surface area contributed by atoms with Crippen LogP contribution in [0.15, 0.2) is 18.3 Å². The fourth-order valence-electron chi connectivity index (χ4n) is 5.01. The third-order valence-corrected chi connectivity index (χ3v) is 7.36. The maximum absolute atomic E-state index is 14.8. The Labute approximate surface area is 220 Å². The van der Waals surface area contributed by atoms with E-state index in [1.165, 1.54) is 6.20 Å². The van der Waals surface area contributed by atoms with E-state index < -0.39 is 22.6 Å². The number of aromatic nitrogens is 4. The van der Waals surface area contributed by atoms with Gasteiger partial charge in [0.15, 0.2) is 5.65 Å². The molecule has 204 valence electrons. The minimum Gasteiger partial charge on any atom is -0.381 e. The highest BCUT2D eigenvalue weighted by molar-refractivity contribution is 6.33. The maximum Gasteiger partial charge on any atom is 0.416 e. The predicted molar refractivity (Wildman–Crippen MR) is 133 cm³/mol. The minimum atomic E-state index is -4.75. The fraction of sp³-hybridized carbons (Fsp3) is 0.500. The number of fused-ring (bicyclic) bond motifs is 1. The van der Waals surface area contributed by atoms with Crippen molar-refractivity contribution in [3.63, 3.8) is 0 Å². The number of primary amides is 1. The second-order valence-corrected chi connectivity index (χ2v) is 9.99. The Balaban J connectivity index is 1.52. The molecule has 0 unspecified atom stereocenters. The first-order chi connectivity index (χ1) is 18.1. The molecule has 5 rings (SSSR count). The first-order valence-corrected chi connectivity index (χ1v) is 12.7. The van der Waals surface area contributed by atoms with Gasteiger partial charge in [-0.15, -0.1) is 0 Å². The number of alkyl halides is 3. The third kappa shape index (κ3) is 5.48. The van der Waals surface area contributed by atoms with Gasteiger partial charge in [-0.3, -0.25) is 9.36 Å². The van der Waals surface area contributed by atoms with Crippen molar-refractivity contribution in [3.05, 3.63) is 34.7 Å². The number of amides is 1. The summed E-state index contributed by atoms with van der Waals surface area (Å²) < 4.78 is 61.4. The van der Waals surface area contributed by atoms with Gasteiger partial charge in [0, 0.05) is 31.2 Å². The van der Waals surface area contributed by atoms with Crippen LogP contribution in [0, 0.1) is 11.7 Å². The molecule has 2 fully saturated rings. The van der Waals surface area contributed by atoms with Crippen LogP contribution in [-0.4, -0.2) is 44.7 Å². The molecule has 1 aliphatic heterocycles. The molecule has 1 amide bonds. The third-order valence-electron chi connectivity index (χ3n) is 7.06. The smallest absolute Gasteiger partial charge is 0.381 e. The van der Waals surface area contributed by atoms with Gasteiger partial charge < -0.3 is 21.1 Å². The molecule has 2 aliphatic rings. The van der Waals surface area contributed by atoms with Gasteiger partial charge in [0.25, 0.3) is 0 Å². The van der Waals surface area contributed by atoms with Crippen molar-refractivity contribution in [1.29, 1.82) is 0 Å². The first-order valence-electron chi connectivity index (χ1n) is 12.3. The van der Waals surface area contributed by atoms with Gasteiger partial charge in [0.2, 0.25) is 17.8 Å². The molecule has 2 aromatic heterocycles. The molecule has 0 spiro atoms. The number of nitrogens with two attached hydrogens (primary N) is 1. The highest BCUT2D eigenvalue weighted by Crippen LogP contribution is 2.40. The van der Waals surface area contributed by atoms with Crippen LogP contribution in [0.2, 0.25) is 5.02 Å². The molecule has 0 atom stereocenters. The Morgan fingerprint density at radius 1 is 1.11 bits per heavy atom. The quantitative estimate of drug-likeness (QED) is 0.358. The van der Waals surface area contributed by atoms with Crippen LogP contribution >= 0.6 is 11.6 Å². The van der Waals surface area contributed by atoms with Crippen LogP contribution in [0.1, 0.15) is 50.1 Å². The largest absolute Gasteiger partial charge is 0.416 e. The monoisotopic (exact) mass is 555 g/mol. The fourth-order valence-corrected chi connectivity index (χ4v) is 5.26. The van der Waals surface area contributed by atoms with Crippen molar-refractivity contribution in [3.8, 4) is 0 Å². The molecule has 1 saturated carbocycles. The zero-order chi connectivity index (χ0) is 27.0. The highest BCUT2D eigenvalue weighted by Gasteiger charge is 2.33.